The zero-order valence-corrected chi connectivity index (χ0v) is 14.8. The van der Waals surface area contributed by atoms with Crippen LogP contribution in [0.1, 0.15) is 20.7 Å². The summed E-state index contributed by atoms with van der Waals surface area (Å²) in [6, 6.07) is 8.17. The highest BCUT2D eigenvalue weighted by Crippen LogP contribution is 2.38. The molecule has 0 aliphatic rings. The lowest BCUT2D eigenvalue weighted by molar-refractivity contribution is -0.385. The van der Waals surface area contributed by atoms with Crippen molar-refractivity contribution >= 4 is 17.5 Å². The van der Waals surface area contributed by atoms with Gasteiger partial charge in [-0.2, -0.15) is 0 Å². The number of nitro benzene ring substituents is 1. The number of carbonyl (C=O) groups excluding carboxylic acids is 2. The molecule has 2 aromatic rings. The van der Waals surface area contributed by atoms with Crippen molar-refractivity contribution in [1.29, 1.82) is 0 Å². The van der Waals surface area contributed by atoms with E-state index in [0.29, 0.717) is 5.75 Å². The molecule has 10 nitrogen and oxygen atoms in total. The third-order valence-corrected chi connectivity index (χ3v) is 3.56. The molecule has 0 atom stereocenters. The van der Waals surface area contributed by atoms with Crippen molar-refractivity contribution < 1.29 is 28.7 Å². The monoisotopic (exact) mass is 375 g/mol. The second-order valence-corrected chi connectivity index (χ2v) is 5.10. The summed E-state index contributed by atoms with van der Waals surface area (Å²) in [6.07, 6.45) is 0. The van der Waals surface area contributed by atoms with Crippen LogP contribution < -0.4 is 25.1 Å². The number of hydrazine groups is 1. The van der Waals surface area contributed by atoms with Gasteiger partial charge in [0.15, 0.2) is 11.5 Å². The Balaban J connectivity index is 2.19. The highest BCUT2D eigenvalue weighted by atomic mass is 16.6. The van der Waals surface area contributed by atoms with Gasteiger partial charge in [0.1, 0.15) is 5.56 Å². The van der Waals surface area contributed by atoms with E-state index >= 15 is 0 Å². The van der Waals surface area contributed by atoms with Crippen molar-refractivity contribution in [2.45, 2.75) is 0 Å². The van der Waals surface area contributed by atoms with Gasteiger partial charge in [-0.15, -0.1) is 0 Å². The minimum absolute atomic E-state index is 0.118. The van der Waals surface area contributed by atoms with Gasteiger partial charge in [0.25, 0.3) is 17.5 Å². The molecule has 2 rings (SSSR count). The summed E-state index contributed by atoms with van der Waals surface area (Å²) < 4.78 is 15.5. The maximum atomic E-state index is 12.3. The third-order valence-electron chi connectivity index (χ3n) is 3.56. The van der Waals surface area contributed by atoms with Crippen molar-refractivity contribution in [3.8, 4) is 17.2 Å². The summed E-state index contributed by atoms with van der Waals surface area (Å²) in [5, 5.41) is 11.0. The number of hydrogen-bond acceptors (Lipinski definition) is 7. The fourth-order valence-corrected chi connectivity index (χ4v) is 2.29. The zero-order valence-electron chi connectivity index (χ0n) is 14.8. The van der Waals surface area contributed by atoms with E-state index in [2.05, 4.69) is 10.9 Å². The number of methoxy groups -OCH3 is 3. The van der Waals surface area contributed by atoms with Crippen molar-refractivity contribution in [3.63, 3.8) is 0 Å². The Morgan fingerprint density at radius 2 is 1.48 bits per heavy atom. The van der Waals surface area contributed by atoms with E-state index in [9.17, 15) is 19.7 Å². The van der Waals surface area contributed by atoms with E-state index in [1.807, 2.05) is 0 Å². The van der Waals surface area contributed by atoms with E-state index in [1.165, 1.54) is 57.7 Å². The SMILES string of the molecule is COc1cc(C(=O)NNC(=O)c2ccccc2[N+](=O)[O-])cc(OC)c1OC. The van der Waals surface area contributed by atoms with Crippen LogP contribution in [-0.4, -0.2) is 38.1 Å². The molecule has 0 radical (unpaired) electrons. The van der Waals surface area contributed by atoms with Crippen molar-refractivity contribution in [1.82, 2.24) is 10.9 Å². The minimum atomic E-state index is -0.830. The van der Waals surface area contributed by atoms with Crippen LogP contribution in [0.4, 0.5) is 5.69 Å². The summed E-state index contributed by atoms with van der Waals surface area (Å²) in [5.74, 6) is -0.691. The molecule has 2 aromatic carbocycles. The van der Waals surface area contributed by atoms with Crippen LogP contribution in [0.5, 0.6) is 17.2 Å². The van der Waals surface area contributed by atoms with Crippen molar-refractivity contribution in [2.24, 2.45) is 0 Å². The van der Waals surface area contributed by atoms with E-state index < -0.39 is 16.7 Å². The highest BCUT2D eigenvalue weighted by molar-refractivity contribution is 6.01. The summed E-state index contributed by atoms with van der Waals surface area (Å²) in [4.78, 5) is 34.8. The molecule has 0 saturated carbocycles. The van der Waals surface area contributed by atoms with Crippen LogP contribution in [0.2, 0.25) is 0 Å². The van der Waals surface area contributed by atoms with Gasteiger partial charge in [-0.3, -0.25) is 30.6 Å². The predicted octanol–water partition coefficient (Wildman–Crippen LogP) is 1.70. The van der Waals surface area contributed by atoms with Gasteiger partial charge < -0.3 is 14.2 Å². The van der Waals surface area contributed by atoms with Crippen LogP contribution in [-0.2, 0) is 0 Å². The normalized spacial score (nSPS) is 9.89. The molecule has 142 valence electrons. The molecule has 2 amide bonds. The molecule has 0 aliphatic carbocycles. The molecule has 0 unspecified atom stereocenters. The highest BCUT2D eigenvalue weighted by Gasteiger charge is 2.21. The lowest BCUT2D eigenvalue weighted by Crippen LogP contribution is -2.41. The Kier molecular flexibility index (Phi) is 6.15. The molecule has 0 fully saturated rings. The first-order chi connectivity index (χ1) is 12.9. The van der Waals surface area contributed by atoms with Crippen LogP contribution in [0.15, 0.2) is 36.4 Å². The number of nitrogens with zero attached hydrogens (tertiary/aromatic N) is 1. The number of benzene rings is 2. The molecular weight excluding hydrogens is 358 g/mol. The summed E-state index contributed by atoms with van der Waals surface area (Å²) >= 11 is 0. The average molecular weight is 375 g/mol. The Morgan fingerprint density at radius 3 is 2.00 bits per heavy atom. The first-order valence-corrected chi connectivity index (χ1v) is 7.57. The summed E-state index contributed by atoms with van der Waals surface area (Å²) in [5.41, 5.74) is 3.88. The Hall–Kier alpha value is -3.82. The standard InChI is InChI=1S/C17H17N3O7/c1-25-13-8-10(9-14(26-2)15(13)27-3)16(21)18-19-17(22)11-6-4-5-7-12(11)20(23)24/h4-9H,1-3H3,(H,18,21)(H,19,22). The van der Waals surface area contributed by atoms with E-state index in [-0.39, 0.29) is 28.3 Å². The Bertz CT molecular complexity index is 858. The Labute approximate surface area is 154 Å². The lowest BCUT2D eigenvalue weighted by Gasteiger charge is -2.14. The average Bonchev–Trinajstić information content (AvgIpc) is 2.70. The Morgan fingerprint density at radius 1 is 0.926 bits per heavy atom. The minimum Gasteiger partial charge on any atom is -0.493 e. The molecule has 0 bridgehead atoms. The molecule has 0 heterocycles. The maximum Gasteiger partial charge on any atom is 0.282 e. The second-order valence-electron chi connectivity index (χ2n) is 5.10. The summed E-state index contributed by atoms with van der Waals surface area (Å²) in [7, 11) is 4.22. The molecular formula is C17H17N3O7. The number of hydrogen-bond donors (Lipinski definition) is 2. The topological polar surface area (TPSA) is 129 Å². The van der Waals surface area contributed by atoms with Crippen LogP contribution in [0, 0.1) is 10.1 Å². The van der Waals surface area contributed by atoms with Gasteiger partial charge in [-0.1, -0.05) is 12.1 Å². The molecule has 0 aromatic heterocycles. The smallest absolute Gasteiger partial charge is 0.282 e. The van der Waals surface area contributed by atoms with Gasteiger partial charge in [-0.05, 0) is 18.2 Å². The fraction of sp³-hybridized carbons (Fsp3) is 0.176. The number of ether oxygens (including phenoxy) is 3. The van der Waals surface area contributed by atoms with E-state index in [1.54, 1.807) is 0 Å². The zero-order chi connectivity index (χ0) is 20.0. The van der Waals surface area contributed by atoms with Crippen molar-refractivity contribution in [2.75, 3.05) is 21.3 Å². The number of nitrogens with one attached hydrogen (secondary N) is 2. The molecule has 0 saturated heterocycles. The van der Waals surface area contributed by atoms with Crippen LogP contribution in [0.3, 0.4) is 0 Å². The second kappa shape index (κ2) is 8.52. The van der Waals surface area contributed by atoms with Gasteiger partial charge in [0.2, 0.25) is 5.75 Å². The first kappa shape index (κ1) is 19.5. The molecule has 27 heavy (non-hydrogen) atoms. The summed E-state index contributed by atoms with van der Waals surface area (Å²) in [6.45, 7) is 0. The fourth-order valence-electron chi connectivity index (χ4n) is 2.29. The number of amides is 2. The molecule has 10 heteroatoms. The lowest BCUT2D eigenvalue weighted by atomic mass is 10.1. The van der Waals surface area contributed by atoms with Crippen LogP contribution >= 0.6 is 0 Å². The molecule has 0 spiro atoms. The van der Waals surface area contributed by atoms with Gasteiger partial charge in [0, 0.05) is 11.6 Å². The number of carbonyl (C=O) groups is 2. The third kappa shape index (κ3) is 4.24. The van der Waals surface area contributed by atoms with E-state index in [0.717, 1.165) is 0 Å². The van der Waals surface area contributed by atoms with Crippen LogP contribution in [0.25, 0.3) is 0 Å². The maximum absolute atomic E-state index is 12.3. The predicted molar refractivity (Wildman–Crippen MR) is 94.1 cm³/mol. The largest absolute Gasteiger partial charge is 0.493 e. The molecule has 0 aliphatic heterocycles. The van der Waals surface area contributed by atoms with Gasteiger partial charge in [0.05, 0.1) is 26.3 Å². The number of nitro groups is 1. The van der Waals surface area contributed by atoms with Crippen molar-refractivity contribution in [3.05, 3.63) is 57.6 Å². The quantitative estimate of drug-likeness (QED) is 0.580. The number of rotatable bonds is 6. The number of para-hydroxylation sites is 1. The van der Waals surface area contributed by atoms with Gasteiger partial charge in [-0.25, -0.2) is 0 Å². The first-order valence-electron chi connectivity index (χ1n) is 7.57. The van der Waals surface area contributed by atoms with E-state index in [4.69, 9.17) is 14.2 Å². The van der Waals surface area contributed by atoms with Gasteiger partial charge >= 0.3 is 0 Å². The molecule has 2 N–H and O–H groups in total.